The molecular formula is C15H16N2. The molecule has 1 atom stereocenters. The summed E-state index contributed by atoms with van der Waals surface area (Å²) in [5.74, 6) is 2.77. The molecule has 17 heavy (non-hydrogen) atoms. The van der Waals surface area contributed by atoms with Crippen LogP contribution in [-0.2, 0) is 0 Å². The lowest BCUT2D eigenvalue weighted by Crippen LogP contribution is -2.21. The van der Waals surface area contributed by atoms with E-state index in [9.17, 15) is 0 Å². The van der Waals surface area contributed by atoms with Gasteiger partial charge in [0, 0.05) is 11.6 Å². The van der Waals surface area contributed by atoms with Crippen LogP contribution in [0.2, 0.25) is 0 Å². The Kier molecular flexibility index (Phi) is 3.74. The number of rotatable bonds is 4. The van der Waals surface area contributed by atoms with E-state index < -0.39 is 0 Å². The van der Waals surface area contributed by atoms with Gasteiger partial charge in [-0.05, 0) is 24.4 Å². The summed E-state index contributed by atoms with van der Waals surface area (Å²) in [7, 11) is 0. The van der Waals surface area contributed by atoms with E-state index in [1.54, 1.807) is 0 Å². The molecule has 0 spiro atoms. The number of fused-ring (bicyclic) bond motifs is 1. The van der Waals surface area contributed by atoms with Gasteiger partial charge in [0.15, 0.2) is 0 Å². The summed E-state index contributed by atoms with van der Waals surface area (Å²) in [4.78, 5) is 4.43. The lowest BCUT2D eigenvalue weighted by atomic mass is 10.1. The van der Waals surface area contributed by atoms with Gasteiger partial charge in [0.2, 0.25) is 0 Å². The minimum Gasteiger partial charge on any atom is -0.299 e. The monoisotopic (exact) mass is 224 g/mol. The van der Waals surface area contributed by atoms with Gasteiger partial charge < -0.3 is 0 Å². The van der Waals surface area contributed by atoms with Crippen LogP contribution in [-0.4, -0.2) is 11.5 Å². The molecule has 1 N–H and O–H groups in total. The van der Waals surface area contributed by atoms with Crippen LogP contribution in [0.1, 0.15) is 25.1 Å². The summed E-state index contributed by atoms with van der Waals surface area (Å²) in [6, 6.07) is 10.1. The van der Waals surface area contributed by atoms with E-state index in [0.29, 0.717) is 0 Å². The average Bonchev–Trinajstić information content (AvgIpc) is 2.40. The first-order chi connectivity index (χ1) is 8.36. The maximum absolute atomic E-state index is 5.58. The number of nitrogens with one attached hydrogen (secondary N) is 1. The van der Waals surface area contributed by atoms with E-state index in [1.807, 2.05) is 24.4 Å². The minimum absolute atomic E-state index is 0.110. The highest BCUT2D eigenvalue weighted by atomic mass is 14.9. The van der Waals surface area contributed by atoms with E-state index >= 15 is 0 Å². The summed E-state index contributed by atoms with van der Waals surface area (Å²) >= 11 is 0. The summed E-state index contributed by atoms with van der Waals surface area (Å²) < 4.78 is 0. The van der Waals surface area contributed by atoms with Gasteiger partial charge in [-0.25, -0.2) is 0 Å². The fourth-order valence-corrected chi connectivity index (χ4v) is 1.90. The largest absolute Gasteiger partial charge is 0.299 e. The van der Waals surface area contributed by atoms with Crippen LogP contribution >= 0.6 is 0 Å². The number of nitrogens with zero attached hydrogens (tertiary/aromatic N) is 1. The summed E-state index contributed by atoms with van der Waals surface area (Å²) in [6.07, 6.45) is 8.46. The molecule has 1 heterocycles. The van der Waals surface area contributed by atoms with Gasteiger partial charge in [0.1, 0.15) is 6.04 Å². The molecule has 1 aromatic heterocycles. The molecule has 0 fully saturated rings. The van der Waals surface area contributed by atoms with E-state index in [1.165, 1.54) is 5.39 Å². The Morgan fingerprint density at radius 2 is 2.18 bits per heavy atom. The van der Waals surface area contributed by atoms with Gasteiger partial charge in [-0.3, -0.25) is 10.3 Å². The van der Waals surface area contributed by atoms with Crippen LogP contribution < -0.4 is 5.32 Å². The minimum atomic E-state index is -0.110. The van der Waals surface area contributed by atoms with Crippen molar-refractivity contribution in [3.63, 3.8) is 0 Å². The lowest BCUT2D eigenvalue weighted by Gasteiger charge is -2.13. The van der Waals surface area contributed by atoms with Crippen LogP contribution in [0, 0.1) is 12.3 Å². The maximum Gasteiger partial charge on any atom is 0.112 e. The molecule has 2 heteroatoms. The number of terminal acetylenes is 1. The first kappa shape index (κ1) is 11.6. The van der Waals surface area contributed by atoms with E-state index in [0.717, 1.165) is 24.0 Å². The number of aromatic nitrogens is 1. The molecule has 2 aromatic rings. The summed E-state index contributed by atoms with van der Waals surface area (Å²) in [5.41, 5.74) is 0.944. The van der Waals surface area contributed by atoms with Crippen LogP contribution in [0.5, 0.6) is 0 Å². The smallest absolute Gasteiger partial charge is 0.112 e. The first-order valence-corrected chi connectivity index (χ1v) is 5.90. The van der Waals surface area contributed by atoms with Crippen molar-refractivity contribution in [1.29, 1.82) is 0 Å². The number of pyridine rings is 1. The second-order valence-electron chi connectivity index (χ2n) is 3.97. The van der Waals surface area contributed by atoms with Gasteiger partial charge >= 0.3 is 0 Å². The Morgan fingerprint density at radius 3 is 2.94 bits per heavy atom. The predicted octanol–water partition coefficient (Wildman–Crippen LogP) is 2.91. The second kappa shape index (κ2) is 5.47. The van der Waals surface area contributed by atoms with E-state index in [-0.39, 0.29) is 6.04 Å². The molecule has 0 amide bonds. The first-order valence-electron chi connectivity index (χ1n) is 5.90. The quantitative estimate of drug-likeness (QED) is 0.808. The Balaban J connectivity index is 2.43. The molecule has 86 valence electrons. The van der Waals surface area contributed by atoms with Crippen molar-refractivity contribution in [2.45, 2.75) is 19.4 Å². The number of hydrogen-bond donors (Lipinski definition) is 1. The molecular weight excluding hydrogens is 208 g/mol. The topological polar surface area (TPSA) is 24.9 Å². The van der Waals surface area contributed by atoms with Crippen LogP contribution in [0.3, 0.4) is 0 Å². The van der Waals surface area contributed by atoms with Gasteiger partial charge in [-0.1, -0.05) is 37.1 Å². The van der Waals surface area contributed by atoms with Crippen molar-refractivity contribution in [1.82, 2.24) is 10.3 Å². The Hall–Kier alpha value is -1.85. The second-order valence-corrected chi connectivity index (χ2v) is 3.97. The van der Waals surface area contributed by atoms with E-state index in [2.05, 4.69) is 35.3 Å². The predicted molar refractivity (Wildman–Crippen MR) is 71.6 cm³/mol. The highest BCUT2D eigenvalue weighted by molar-refractivity contribution is 5.84. The zero-order chi connectivity index (χ0) is 12.1. The van der Waals surface area contributed by atoms with Gasteiger partial charge in [0.05, 0.1) is 5.69 Å². The van der Waals surface area contributed by atoms with Gasteiger partial charge in [-0.15, -0.1) is 6.42 Å². The van der Waals surface area contributed by atoms with E-state index in [4.69, 9.17) is 6.42 Å². The standard InChI is InChI=1S/C15H16N2/c1-3-10-16-14(4-2)15-13-8-6-5-7-12(13)9-11-17-15/h2,5-9,11,14,16H,3,10H2,1H3. The van der Waals surface area contributed by atoms with Gasteiger partial charge in [0.25, 0.3) is 0 Å². The SMILES string of the molecule is C#CC(NCCC)c1nccc2ccccc12. The summed E-state index contributed by atoms with van der Waals surface area (Å²) in [5, 5.41) is 5.63. The fourth-order valence-electron chi connectivity index (χ4n) is 1.90. The van der Waals surface area contributed by atoms with Crippen LogP contribution in [0.25, 0.3) is 10.8 Å². The third kappa shape index (κ3) is 2.46. The molecule has 1 unspecified atom stereocenters. The van der Waals surface area contributed by atoms with Gasteiger partial charge in [-0.2, -0.15) is 0 Å². The average molecular weight is 224 g/mol. The highest BCUT2D eigenvalue weighted by Gasteiger charge is 2.11. The number of benzene rings is 1. The van der Waals surface area contributed by atoms with Crippen molar-refractivity contribution in [2.24, 2.45) is 0 Å². The van der Waals surface area contributed by atoms with Crippen molar-refractivity contribution in [3.05, 3.63) is 42.2 Å². The molecule has 0 aliphatic rings. The molecule has 1 aromatic carbocycles. The molecule has 0 aliphatic carbocycles. The highest BCUT2D eigenvalue weighted by Crippen LogP contribution is 2.21. The fraction of sp³-hybridized carbons (Fsp3) is 0.267. The van der Waals surface area contributed by atoms with Crippen molar-refractivity contribution in [2.75, 3.05) is 6.54 Å². The Bertz CT molecular complexity index is 535. The third-order valence-corrected chi connectivity index (χ3v) is 2.74. The Morgan fingerprint density at radius 1 is 1.35 bits per heavy atom. The molecule has 0 radical (unpaired) electrons. The molecule has 0 aliphatic heterocycles. The lowest BCUT2D eigenvalue weighted by molar-refractivity contribution is 0.618. The zero-order valence-corrected chi connectivity index (χ0v) is 9.98. The van der Waals surface area contributed by atoms with Crippen molar-refractivity contribution >= 4 is 10.8 Å². The molecule has 2 rings (SSSR count). The molecule has 0 bridgehead atoms. The van der Waals surface area contributed by atoms with Crippen molar-refractivity contribution < 1.29 is 0 Å². The van der Waals surface area contributed by atoms with Crippen molar-refractivity contribution in [3.8, 4) is 12.3 Å². The number of hydrogen-bond acceptors (Lipinski definition) is 2. The Labute approximate surface area is 102 Å². The summed E-state index contributed by atoms with van der Waals surface area (Å²) in [6.45, 7) is 3.02. The zero-order valence-electron chi connectivity index (χ0n) is 9.98. The third-order valence-electron chi connectivity index (χ3n) is 2.74. The maximum atomic E-state index is 5.58. The molecule has 0 saturated carbocycles. The van der Waals surface area contributed by atoms with Crippen LogP contribution in [0.15, 0.2) is 36.5 Å². The normalized spacial score (nSPS) is 12.2. The molecule has 2 nitrogen and oxygen atoms in total. The van der Waals surface area contributed by atoms with Crippen LogP contribution in [0.4, 0.5) is 0 Å². The molecule has 0 saturated heterocycles.